The average Bonchev–Trinajstić information content (AvgIpc) is 3.01. The number of fused-ring (bicyclic) bond motifs is 5. The molecular formula is C21H14N2. The molecule has 2 aromatic heterocycles. The maximum atomic E-state index is 4.94. The molecule has 0 unspecified atom stereocenters. The van der Waals surface area contributed by atoms with Gasteiger partial charge in [0.2, 0.25) is 0 Å². The van der Waals surface area contributed by atoms with Crippen LogP contribution in [-0.4, -0.2) is 9.97 Å². The van der Waals surface area contributed by atoms with Gasteiger partial charge in [0.15, 0.2) is 0 Å². The minimum Gasteiger partial charge on any atom is -0.254 e. The normalized spacial score (nSPS) is 12.2. The number of aromatic nitrogens is 2. The van der Waals surface area contributed by atoms with Gasteiger partial charge in [0.25, 0.3) is 0 Å². The molecule has 0 bridgehead atoms. The zero-order valence-electron chi connectivity index (χ0n) is 12.5. The van der Waals surface area contributed by atoms with Gasteiger partial charge in [-0.2, -0.15) is 0 Å². The third kappa shape index (κ3) is 1.82. The lowest BCUT2D eigenvalue weighted by atomic mass is 9.99. The molecule has 0 atom stereocenters. The third-order valence-corrected chi connectivity index (χ3v) is 4.54. The largest absolute Gasteiger partial charge is 0.254 e. The predicted molar refractivity (Wildman–Crippen MR) is 93.2 cm³/mol. The van der Waals surface area contributed by atoms with Crippen LogP contribution in [0.1, 0.15) is 11.1 Å². The fourth-order valence-electron chi connectivity index (χ4n) is 3.53. The molecule has 0 radical (unpaired) electrons. The van der Waals surface area contributed by atoms with Crippen molar-refractivity contribution >= 4 is 11.0 Å². The monoisotopic (exact) mass is 294 g/mol. The Morgan fingerprint density at radius 1 is 0.783 bits per heavy atom. The second-order valence-electron chi connectivity index (χ2n) is 5.89. The fraction of sp³-hybridized carbons (Fsp3) is 0.0476. The van der Waals surface area contributed by atoms with Crippen molar-refractivity contribution in [2.24, 2.45) is 0 Å². The summed E-state index contributed by atoms with van der Waals surface area (Å²) in [5.41, 5.74) is 9.42. The summed E-state index contributed by atoms with van der Waals surface area (Å²) in [6, 6.07) is 23.1. The smallest absolute Gasteiger partial charge is 0.0968 e. The van der Waals surface area contributed by atoms with E-state index in [1.807, 2.05) is 18.3 Å². The molecule has 0 aliphatic heterocycles. The van der Waals surface area contributed by atoms with Gasteiger partial charge >= 0.3 is 0 Å². The van der Waals surface area contributed by atoms with E-state index in [4.69, 9.17) is 4.98 Å². The molecule has 2 heteroatoms. The third-order valence-electron chi connectivity index (χ3n) is 4.54. The van der Waals surface area contributed by atoms with Crippen LogP contribution in [0.5, 0.6) is 0 Å². The zero-order chi connectivity index (χ0) is 15.2. The van der Waals surface area contributed by atoms with E-state index in [0.29, 0.717) is 0 Å². The minimum atomic E-state index is 0.926. The van der Waals surface area contributed by atoms with E-state index in [0.717, 1.165) is 23.1 Å². The molecule has 1 aliphatic carbocycles. The molecule has 5 rings (SSSR count). The van der Waals surface area contributed by atoms with Crippen LogP contribution in [0.2, 0.25) is 0 Å². The Bertz CT molecular complexity index is 1040. The number of pyridine rings is 2. The number of hydrogen-bond acceptors (Lipinski definition) is 2. The summed E-state index contributed by atoms with van der Waals surface area (Å²) in [4.78, 5) is 9.56. The van der Waals surface area contributed by atoms with Crippen LogP contribution in [0.4, 0.5) is 0 Å². The van der Waals surface area contributed by atoms with Crippen LogP contribution in [0.15, 0.2) is 72.9 Å². The van der Waals surface area contributed by atoms with Gasteiger partial charge in [0.1, 0.15) is 0 Å². The number of rotatable bonds is 1. The Morgan fingerprint density at radius 3 is 2.52 bits per heavy atom. The zero-order valence-corrected chi connectivity index (χ0v) is 12.5. The van der Waals surface area contributed by atoms with Crippen molar-refractivity contribution in [3.8, 4) is 22.4 Å². The first kappa shape index (κ1) is 12.5. The van der Waals surface area contributed by atoms with Crippen LogP contribution < -0.4 is 0 Å². The molecule has 108 valence electrons. The first-order valence-corrected chi connectivity index (χ1v) is 7.83. The van der Waals surface area contributed by atoms with E-state index >= 15 is 0 Å². The van der Waals surface area contributed by atoms with E-state index in [-0.39, 0.29) is 0 Å². The predicted octanol–water partition coefficient (Wildman–Crippen LogP) is 4.87. The van der Waals surface area contributed by atoms with Crippen molar-refractivity contribution in [1.82, 2.24) is 9.97 Å². The van der Waals surface area contributed by atoms with E-state index in [2.05, 4.69) is 59.6 Å². The summed E-state index contributed by atoms with van der Waals surface area (Å²) >= 11 is 0. The molecule has 2 heterocycles. The Labute approximate surface area is 134 Å². The maximum Gasteiger partial charge on any atom is 0.0968 e. The molecule has 0 saturated carbocycles. The molecule has 0 saturated heterocycles. The highest BCUT2D eigenvalue weighted by molar-refractivity contribution is 5.99. The Kier molecular flexibility index (Phi) is 2.59. The molecule has 2 nitrogen and oxygen atoms in total. The molecule has 2 aromatic carbocycles. The topological polar surface area (TPSA) is 25.8 Å². The van der Waals surface area contributed by atoms with Gasteiger partial charge in [-0.3, -0.25) is 4.98 Å². The SMILES string of the molecule is c1ccc(-c2nc3cccnc3c3c2Cc2ccccc2-3)cc1. The first-order valence-electron chi connectivity index (χ1n) is 7.83. The highest BCUT2D eigenvalue weighted by atomic mass is 14.8. The maximum absolute atomic E-state index is 4.94. The number of hydrogen-bond donors (Lipinski definition) is 0. The Balaban J connectivity index is 1.92. The fourth-order valence-corrected chi connectivity index (χ4v) is 3.53. The first-order chi connectivity index (χ1) is 11.4. The van der Waals surface area contributed by atoms with E-state index in [1.165, 1.54) is 27.8 Å². The van der Waals surface area contributed by atoms with Crippen molar-refractivity contribution in [3.63, 3.8) is 0 Å². The number of benzene rings is 2. The molecule has 0 N–H and O–H groups in total. The molecule has 0 fully saturated rings. The lowest BCUT2D eigenvalue weighted by Crippen LogP contribution is -1.95. The minimum absolute atomic E-state index is 0.926. The van der Waals surface area contributed by atoms with Crippen molar-refractivity contribution in [1.29, 1.82) is 0 Å². The van der Waals surface area contributed by atoms with Gasteiger partial charge in [-0.25, -0.2) is 4.98 Å². The van der Waals surface area contributed by atoms with Gasteiger partial charge < -0.3 is 0 Å². The highest BCUT2D eigenvalue weighted by Gasteiger charge is 2.25. The van der Waals surface area contributed by atoms with Gasteiger partial charge in [-0.05, 0) is 28.8 Å². The standard InChI is InChI=1S/C21H14N2/c1-2-7-14(8-3-1)20-17-13-15-9-4-5-10-16(15)19(17)21-18(23-20)11-6-12-22-21/h1-12H,13H2. The molecule has 23 heavy (non-hydrogen) atoms. The Hall–Kier alpha value is -3.00. The van der Waals surface area contributed by atoms with Crippen LogP contribution in [0, 0.1) is 0 Å². The molecule has 4 aromatic rings. The summed E-state index contributed by atoms with van der Waals surface area (Å²) < 4.78 is 0. The molecule has 1 aliphatic rings. The number of nitrogens with zero attached hydrogens (tertiary/aromatic N) is 2. The van der Waals surface area contributed by atoms with Gasteiger partial charge in [0, 0.05) is 23.7 Å². The highest BCUT2D eigenvalue weighted by Crippen LogP contribution is 2.43. The average molecular weight is 294 g/mol. The van der Waals surface area contributed by atoms with Crippen LogP contribution in [0.3, 0.4) is 0 Å². The summed E-state index contributed by atoms with van der Waals surface area (Å²) in [6.45, 7) is 0. The van der Waals surface area contributed by atoms with Crippen LogP contribution in [-0.2, 0) is 6.42 Å². The summed E-state index contributed by atoms with van der Waals surface area (Å²) in [6.07, 6.45) is 2.78. The second kappa shape index (κ2) is 4.75. The van der Waals surface area contributed by atoms with Crippen LogP contribution in [0.25, 0.3) is 33.4 Å². The van der Waals surface area contributed by atoms with E-state index in [9.17, 15) is 0 Å². The van der Waals surface area contributed by atoms with Crippen molar-refractivity contribution in [2.45, 2.75) is 6.42 Å². The quantitative estimate of drug-likeness (QED) is 0.441. The summed E-state index contributed by atoms with van der Waals surface area (Å²) in [7, 11) is 0. The van der Waals surface area contributed by atoms with Crippen molar-refractivity contribution < 1.29 is 0 Å². The Morgan fingerprint density at radius 2 is 1.61 bits per heavy atom. The summed E-state index contributed by atoms with van der Waals surface area (Å²) in [5, 5.41) is 0. The van der Waals surface area contributed by atoms with E-state index in [1.54, 1.807) is 0 Å². The van der Waals surface area contributed by atoms with Crippen molar-refractivity contribution in [2.75, 3.05) is 0 Å². The summed E-state index contributed by atoms with van der Waals surface area (Å²) in [5.74, 6) is 0. The van der Waals surface area contributed by atoms with Crippen LogP contribution >= 0.6 is 0 Å². The molecule has 0 amide bonds. The lowest BCUT2D eigenvalue weighted by Gasteiger charge is -2.11. The van der Waals surface area contributed by atoms with E-state index < -0.39 is 0 Å². The molecule has 0 spiro atoms. The van der Waals surface area contributed by atoms with Gasteiger partial charge in [0.05, 0.1) is 16.7 Å². The molecular weight excluding hydrogens is 280 g/mol. The van der Waals surface area contributed by atoms with Crippen molar-refractivity contribution in [3.05, 3.63) is 84.1 Å². The van der Waals surface area contributed by atoms with Gasteiger partial charge in [-0.1, -0.05) is 54.6 Å². The second-order valence-corrected chi connectivity index (χ2v) is 5.89. The lowest BCUT2D eigenvalue weighted by molar-refractivity contribution is 1.22. The van der Waals surface area contributed by atoms with Gasteiger partial charge in [-0.15, -0.1) is 0 Å².